The van der Waals surface area contributed by atoms with Crippen molar-refractivity contribution < 1.29 is 23.1 Å². The largest absolute Gasteiger partial charge is 0.481 e. The molecule has 2 heterocycles. The van der Waals surface area contributed by atoms with Gasteiger partial charge in [0.15, 0.2) is 0 Å². The molecule has 1 N–H and O–H groups in total. The van der Waals surface area contributed by atoms with Crippen molar-refractivity contribution >= 4 is 17.3 Å². The SMILES string of the molecule is Cc1c(CC(=O)O)c(-c2ccc(C(F)(F)F)cc2)c2c3c1N(C)CCN3C(C)C2. The lowest BCUT2D eigenvalue weighted by atomic mass is 9.85. The van der Waals surface area contributed by atoms with Gasteiger partial charge in [-0.05, 0) is 60.2 Å². The first kappa shape index (κ1) is 19.6. The molecule has 1 atom stereocenters. The quantitative estimate of drug-likeness (QED) is 0.818. The molecule has 0 amide bonds. The number of likely N-dealkylation sites (N-methyl/N-ethyl adjacent to an activating group) is 1. The minimum atomic E-state index is -4.40. The van der Waals surface area contributed by atoms with Gasteiger partial charge in [-0.2, -0.15) is 13.2 Å². The molecule has 2 aromatic carbocycles. The molecular formula is C22H23F3N2O2. The van der Waals surface area contributed by atoms with Gasteiger partial charge in [-0.3, -0.25) is 4.79 Å². The summed E-state index contributed by atoms with van der Waals surface area (Å²) in [5.41, 5.74) is 5.48. The molecule has 0 radical (unpaired) electrons. The molecule has 0 fully saturated rings. The van der Waals surface area contributed by atoms with Crippen LogP contribution in [0.1, 0.15) is 29.2 Å². The van der Waals surface area contributed by atoms with Gasteiger partial charge in [0.2, 0.25) is 0 Å². The Labute approximate surface area is 167 Å². The molecule has 2 aromatic rings. The van der Waals surface area contributed by atoms with E-state index in [1.807, 2.05) is 14.0 Å². The van der Waals surface area contributed by atoms with Gasteiger partial charge >= 0.3 is 12.1 Å². The summed E-state index contributed by atoms with van der Waals surface area (Å²) in [4.78, 5) is 16.1. The van der Waals surface area contributed by atoms with Gasteiger partial charge in [-0.1, -0.05) is 12.1 Å². The van der Waals surface area contributed by atoms with Crippen LogP contribution < -0.4 is 9.80 Å². The van der Waals surface area contributed by atoms with Crippen molar-refractivity contribution in [3.63, 3.8) is 0 Å². The van der Waals surface area contributed by atoms with E-state index in [2.05, 4.69) is 16.7 Å². The van der Waals surface area contributed by atoms with Gasteiger partial charge in [-0.15, -0.1) is 0 Å². The summed E-state index contributed by atoms with van der Waals surface area (Å²) in [6.45, 7) is 5.79. The minimum Gasteiger partial charge on any atom is -0.481 e. The molecule has 0 bridgehead atoms. The maximum atomic E-state index is 13.0. The molecule has 1 unspecified atom stereocenters. The normalized spacial score (nSPS) is 18.2. The first-order chi connectivity index (χ1) is 13.6. The first-order valence-corrected chi connectivity index (χ1v) is 9.65. The van der Waals surface area contributed by atoms with Gasteiger partial charge < -0.3 is 14.9 Å². The Hall–Kier alpha value is -2.70. The number of carboxylic acids is 1. The monoisotopic (exact) mass is 404 g/mol. The lowest BCUT2D eigenvalue weighted by Crippen LogP contribution is -2.41. The van der Waals surface area contributed by atoms with E-state index < -0.39 is 17.7 Å². The lowest BCUT2D eigenvalue weighted by Gasteiger charge is -2.38. The molecule has 0 aliphatic carbocycles. The molecule has 2 aliphatic rings. The summed E-state index contributed by atoms with van der Waals surface area (Å²) in [5, 5.41) is 9.54. The summed E-state index contributed by atoms with van der Waals surface area (Å²) in [7, 11) is 2.01. The summed E-state index contributed by atoms with van der Waals surface area (Å²) in [5.74, 6) is -0.949. The Morgan fingerprint density at radius 1 is 1.17 bits per heavy atom. The number of benzene rings is 2. The third-order valence-electron chi connectivity index (χ3n) is 6.13. The van der Waals surface area contributed by atoms with Crippen LogP contribution in [0.5, 0.6) is 0 Å². The maximum Gasteiger partial charge on any atom is 0.416 e. The van der Waals surface area contributed by atoms with Crippen molar-refractivity contribution in [1.29, 1.82) is 0 Å². The molecule has 0 aromatic heterocycles. The zero-order chi connectivity index (χ0) is 21.1. The van der Waals surface area contributed by atoms with Crippen molar-refractivity contribution in [3.05, 3.63) is 46.5 Å². The Kier molecular flexibility index (Phi) is 4.52. The number of hydrogen-bond donors (Lipinski definition) is 1. The first-order valence-electron chi connectivity index (χ1n) is 9.65. The number of rotatable bonds is 3. The average Bonchev–Trinajstić information content (AvgIpc) is 2.96. The lowest BCUT2D eigenvalue weighted by molar-refractivity contribution is -0.138. The summed E-state index contributed by atoms with van der Waals surface area (Å²) < 4.78 is 39.1. The van der Waals surface area contributed by atoms with Crippen LogP contribution in [0.2, 0.25) is 0 Å². The van der Waals surface area contributed by atoms with E-state index in [0.29, 0.717) is 11.1 Å². The fourth-order valence-corrected chi connectivity index (χ4v) is 4.80. The van der Waals surface area contributed by atoms with E-state index in [1.54, 1.807) is 0 Å². The second kappa shape index (κ2) is 6.68. The molecule has 7 heteroatoms. The Morgan fingerprint density at radius 2 is 1.83 bits per heavy atom. The molecule has 0 saturated carbocycles. The Bertz CT molecular complexity index is 983. The van der Waals surface area contributed by atoms with E-state index in [-0.39, 0.29) is 12.5 Å². The van der Waals surface area contributed by atoms with Crippen LogP contribution >= 0.6 is 0 Å². The van der Waals surface area contributed by atoms with E-state index in [1.165, 1.54) is 12.1 Å². The van der Waals surface area contributed by atoms with E-state index in [4.69, 9.17) is 0 Å². The number of aliphatic carboxylic acids is 1. The predicted molar refractivity (Wildman–Crippen MR) is 107 cm³/mol. The summed E-state index contributed by atoms with van der Waals surface area (Å²) in [6.07, 6.45) is -3.82. The Balaban J connectivity index is 1.99. The number of halogens is 3. The van der Waals surface area contributed by atoms with E-state index in [0.717, 1.165) is 59.7 Å². The molecule has 0 saturated heterocycles. The fourth-order valence-electron chi connectivity index (χ4n) is 4.80. The van der Waals surface area contributed by atoms with Crippen molar-refractivity contribution in [3.8, 4) is 11.1 Å². The molecular weight excluding hydrogens is 381 g/mol. The second-order valence-corrected chi connectivity index (χ2v) is 7.97. The van der Waals surface area contributed by atoms with Gasteiger partial charge in [-0.25, -0.2) is 0 Å². The van der Waals surface area contributed by atoms with Crippen LogP contribution in [0.4, 0.5) is 24.5 Å². The highest BCUT2D eigenvalue weighted by molar-refractivity contribution is 5.93. The van der Waals surface area contributed by atoms with Crippen LogP contribution in [0.25, 0.3) is 11.1 Å². The van der Waals surface area contributed by atoms with Crippen molar-refractivity contribution in [2.75, 3.05) is 29.9 Å². The molecule has 4 nitrogen and oxygen atoms in total. The highest BCUT2D eigenvalue weighted by atomic mass is 19.4. The zero-order valence-electron chi connectivity index (χ0n) is 16.6. The third kappa shape index (κ3) is 3.12. The van der Waals surface area contributed by atoms with Crippen LogP contribution in [-0.2, 0) is 23.8 Å². The van der Waals surface area contributed by atoms with Crippen molar-refractivity contribution in [1.82, 2.24) is 0 Å². The van der Waals surface area contributed by atoms with Crippen LogP contribution in [0.3, 0.4) is 0 Å². The smallest absolute Gasteiger partial charge is 0.416 e. The van der Waals surface area contributed by atoms with Crippen molar-refractivity contribution in [2.24, 2.45) is 0 Å². The standard InChI is InChI=1S/C22H23F3N2O2/c1-12-10-17-19(14-4-6-15(7-5-14)22(23,24)25)16(11-18(28)29)13(2)20-21(17)27(12)9-8-26(20)3/h4-7,12H,8-11H2,1-3H3,(H,28,29). The molecule has 29 heavy (non-hydrogen) atoms. The maximum absolute atomic E-state index is 13.0. The third-order valence-corrected chi connectivity index (χ3v) is 6.13. The zero-order valence-corrected chi connectivity index (χ0v) is 16.6. The highest BCUT2D eigenvalue weighted by Crippen LogP contribution is 2.51. The number of anilines is 2. The van der Waals surface area contributed by atoms with Crippen LogP contribution in [0.15, 0.2) is 24.3 Å². The molecule has 154 valence electrons. The summed E-state index contributed by atoms with van der Waals surface area (Å²) in [6, 6.07) is 5.34. The van der Waals surface area contributed by atoms with E-state index >= 15 is 0 Å². The van der Waals surface area contributed by atoms with Crippen LogP contribution in [-0.4, -0.2) is 37.3 Å². The molecule has 0 spiro atoms. The van der Waals surface area contributed by atoms with E-state index in [9.17, 15) is 23.1 Å². The topological polar surface area (TPSA) is 43.8 Å². The summed E-state index contributed by atoms with van der Waals surface area (Å²) >= 11 is 0. The Morgan fingerprint density at radius 3 is 2.41 bits per heavy atom. The number of alkyl halides is 3. The number of carbonyl (C=O) groups is 1. The fraction of sp³-hybridized carbons (Fsp3) is 0.409. The molecule has 2 aliphatic heterocycles. The average molecular weight is 404 g/mol. The predicted octanol–water partition coefficient (Wildman–Crippen LogP) is 4.51. The van der Waals surface area contributed by atoms with Gasteiger partial charge in [0.05, 0.1) is 23.4 Å². The van der Waals surface area contributed by atoms with Crippen molar-refractivity contribution in [2.45, 2.75) is 38.9 Å². The van der Waals surface area contributed by atoms with Gasteiger partial charge in [0, 0.05) is 26.2 Å². The highest BCUT2D eigenvalue weighted by Gasteiger charge is 2.38. The van der Waals surface area contributed by atoms with Crippen LogP contribution in [0, 0.1) is 6.92 Å². The number of hydrogen-bond acceptors (Lipinski definition) is 3. The van der Waals surface area contributed by atoms with Gasteiger partial charge in [0.1, 0.15) is 0 Å². The second-order valence-electron chi connectivity index (χ2n) is 7.97. The minimum absolute atomic E-state index is 0.162. The number of carboxylic acid groups (broad SMARTS) is 1. The molecule has 4 rings (SSSR count). The number of nitrogens with zero attached hydrogens (tertiary/aromatic N) is 2. The van der Waals surface area contributed by atoms with Gasteiger partial charge in [0.25, 0.3) is 0 Å².